The highest BCUT2D eigenvalue weighted by molar-refractivity contribution is 9.10. The van der Waals surface area contributed by atoms with Crippen molar-refractivity contribution >= 4 is 39.8 Å². The molecule has 4 aromatic rings. The first-order valence-corrected chi connectivity index (χ1v) is 12.3. The highest BCUT2D eigenvalue weighted by atomic mass is 79.9. The lowest BCUT2D eigenvalue weighted by Crippen LogP contribution is -2.20. The van der Waals surface area contributed by atoms with E-state index in [1.165, 1.54) is 11.8 Å². The fourth-order valence-electron chi connectivity index (χ4n) is 3.23. The Bertz CT molecular complexity index is 1330. The van der Waals surface area contributed by atoms with Crippen molar-refractivity contribution in [2.24, 2.45) is 5.10 Å². The Morgan fingerprint density at radius 2 is 1.77 bits per heavy atom. The molecule has 0 unspecified atom stereocenters. The van der Waals surface area contributed by atoms with Gasteiger partial charge in [-0.1, -0.05) is 58.0 Å². The Labute approximate surface area is 215 Å². The average molecular weight is 552 g/mol. The van der Waals surface area contributed by atoms with Crippen LogP contribution in [0.5, 0.6) is 11.5 Å². The van der Waals surface area contributed by atoms with Crippen LogP contribution in [0.1, 0.15) is 5.56 Å². The summed E-state index contributed by atoms with van der Waals surface area (Å²) in [6.45, 7) is 0. The van der Waals surface area contributed by atoms with Gasteiger partial charge in [-0.15, -0.1) is 10.2 Å². The zero-order valence-electron chi connectivity index (χ0n) is 19.0. The maximum Gasteiger partial charge on any atom is 0.250 e. The van der Waals surface area contributed by atoms with Crippen molar-refractivity contribution < 1.29 is 14.3 Å². The summed E-state index contributed by atoms with van der Waals surface area (Å²) in [4.78, 5) is 12.4. The molecule has 0 aliphatic rings. The minimum Gasteiger partial charge on any atom is -0.493 e. The maximum absolute atomic E-state index is 12.4. The number of rotatable bonds is 9. The zero-order chi connectivity index (χ0) is 24.6. The van der Waals surface area contributed by atoms with Gasteiger partial charge in [0.1, 0.15) is 0 Å². The summed E-state index contributed by atoms with van der Waals surface area (Å²) < 4.78 is 13.7. The molecule has 1 heterocycles. The molecule has 0 bridgehead atoms. The molecule has 10 heteroatoms. The average Bonchev–Trinajstić information content (AvgIpc) is 3.32. The van der Waals surface area contributed by atoms with E-state index in [1.54, 1.807) is 20.4 Å². The van der Waals surface area contributed by atoms with Crippen LogP contribution in [-0.4, -0.2) is 46.9 Å². The molecule has 0 aliphatic heterocycles. The molecule has 0 atom stereocenters. The lowest BCUT2D eigenvalue weighted by molar-refractivity contribution is -0.118. The number of halogens is 1. The number of benzene rings is 3. The van der Waals surface area contributed by atoms with Crippen molar-refractivity contribution in [2.45, 2.75) is 5.16 Å². The highest BCUT2D eigenvalue weighted by Crippen LogP contribution is 2.34. The SMILES string of the molecule is COc1ccc(-c2nnc(SCC(=O)NN=Cc3ccc(Br)cc3)n2-c2ccccc2)cc1OC. The third-order valence-corrected chi connectivity index (χ3v) is 6.35. The molecule has 1 N–H and O–H groups in total. The first-order valence-electron chi connectivity index (χ1n) is 10.5. The van der Waals surface area contributed by atoms with Crippen LogP contribution in [0.25, 0.3) is 17.1 Å². The summed E-state index contributed by atoms with van der Waals surface area (Å²) in [6.07, 6.45) is 1.59. The van der Waals surface area contributed by atoms with Crippen LogP contribution in [0.4, 0.5) is 0 Å². The first-order chi connectivity index (χ1) is 17.1. The Hall–Kier alpha value is -3.63. The molecule has 0 spiro atoms. The van der Waals surface area contributed by atoms with Crippen molar-refractivity contribution in [3.8, 4) is 28.6 Å². The number of carbonyl (C=O) groups is 1. The molecule has 178 valence electrons. The Kier molecular flexibility index (Phi) is 8.17. The summed E-state index contributed by atoms with van der Waals surface area (Å²) in [7, 11) is 3.18. The minimum atomic E-state index is -0.251. The predicted octanol–water partition coefficient (Wildman–Crippen LogP) is 4.96. The molecule has 1 aromatic heterocycles. The number of nitrogens with one attached hydrogen (secondary N) is 1. The molecule has 1 amide bonds. The number of hydrazone groups is 1. The number of carbonyl (C=O) groups excluding carboxylic acids is 1. The second-order valence-corrected chi connectivity index (χ2v) is 9.04. The van der Waals surface area contributed by atoms with Crippen LogP contribution in [-0.2, 0) is 4.79 Å². The Morgan fingerprint density at radius 3 is 2.49 bits per heavy atom. The first kappa shape index (κ1) is 24.5. The van der Waals surface area contributed by atoms with Crippen LogP contribution < -0.4 is 14.9 Å². The van der Waals surface area contributed by atoms with Crippen LogP contribution in [0.3, 0.4) is 0 Å². The number of ether oxygens (including phenoxy) is 2. The van der Waals surface area contributed by atoms with E-state index in [0.29, 0.717) is 22.5 Å². The quantitative estimate of drug-likeness (QED) is 0.180. The molecule has 0 aliphatic carbocycles. The van der Waals surface area contributed by atoms with E-state index in [-0.39, 0.29) is 11.7 Å². The van der Waals surface area contributed by atoms with E-state index in [0.717, 1.165) is 21.3 Å². The molecule has 3 aromatic carbocycles. The smallest absolute Gasteiger partial charge is 0.250 e. The fraction of sp³-hybridized carbons (Fsp3) is 0.120. The van der Waals surface area contributed by atoms with Gasteiger partial charge in [0.2, 0.25) is 0 Å². The maximum atomic E-state index is 12.4. The van der Waals surface area contributed by atoms with Crippen LogP contribution >= 0.6 is 27.7 Å². The van der Waals surface area contributed by atoms with E-state index in [9.17, 15) is 4.79 Å². The number of amides is 1. The molecule has 0 fully saturated rings. The van der Waals surface area contributed by atoms with Crippen LogP contribution in [0.15, 0.2) is 87.5 Å². The van der Waals surface area contributed by atoms with Gasteiger partial charge in [-0.05, 0) is 48.0 Å². The van der Waals surface area contributed by atoms with E-state index < -0.39 is 0 Å². The zero-order valence-corrected chi connectivity index (χ0v) is 21.4. The summed E-state index contributed by atoms with van der Waals surface area (Å²) >= 11 is 4.66. The number of thioether (sulfide) groups is 1. The number of hydrogen-bond donors (Lipinski definition) is 1. The van der Waals surface area contributed by atoms with Gasteiger partial charge < -0.3 is 9.47 Å². The lowest BCUT2D eigenvalue weighted by atomic mass is 10.2. The molecule has 0 saturated heterocycles. The normalized spacial score (nSPS) is 10.9. The van der Waals surface area contributed by atoms with Crippen molar-refractivity contribution in [3.05, 3.63) is 82.8 Å². The second-order valence-electron chi connectivity index (χ2n) is 7.18. The van der Waals surface area contributed by atoms with Gasteiger partial charge >= 0.3 is 0 Å². The van der Waals surface area contributed by atoms with E-state index in [2.05, 4.69) is 36.7 Å². The third kappa shape index (κ3) is 6.09. The van der Waals surface area contributed by atoms with Gasteiger partial charge in [0.25, 0.3) is 5.91 Å². The second kappa shape index (κ2) is 11.7. The molecule has 4 rings (SSSR count). The molecule has 0 saturated carbocycles. The largest absolute Gasteiger partial charge is 0.493 e. The van der Waals surface area contributed by atoms with Crippen LogP contribution in [0, 0.1) is 0 Å². The van der Waals surface area contributed by atoms with Crippen molar-refractivity contribution in [1.29, 1.82) is 0 Å². The van der Waals surface area contributed by atoms with Gasteiger partial charge in [0.15, 0.2) is 22.5 Å². The highest BCUT2D eigenvalue weighted by Gasteiger charge is 2.18. The number of methoxy groups -OCH3 is 2. The number of hydrogen-bond acceptors (Lipinski definition) is 7. The van der Waals surface area contributed by atoms with Crippen molar-refractivity contribution in [1.82, 2.24) is 20.2 Å². The number of aromatic nitrogens is 3. The van der Waals surface area contributed by atoms with Gasteiger partial charge in [-0.3, -0.25) is 9.36 Å². The Balaban J connectivity index is 1.54. The summed E-state index contributed by atoms with van der Waals surface area (Å²) in [5, 5.41) is 13.4. The minimum absolute atomic E-state index is 0.120. The standard InChI is InChI=1S/C25H22BrN5O3S/c1-33-21-13-10-18(14-22(21)34-2)24-29-30-25(31(24)20-6-4-3-5-7-20)35-16-23(32)28-27-15-17-8-11-19(26)12-9-17/h3-15H,16H2,1-2H3,(H,28,32). The van der Waals surface area contributed by atoms with E-state index >= 15 is 0 Å². The summed E-state index contributed by atoms with van der Waals surface area (Å²) in [6, 6.07) is 22.9. The van der Waals surface area contributed by atoms with E-state index in [4.69, 9.17) is 9.47 Å². The molecular weight excluding hydrogens is 530 g/mol. The van der Waals surface area contributed by atoms with Gasteiger partial charge in [0, 0.05) is 15.7 Å². The van der Waals surface area contributed by atoms with Gasteiger partial charge in [-0.25, -0.2) is 5.43 Å². The monoisotopic (exact) mass is 551 g/mol. The van der Waals surface area contributed by atoms with Crippen molar-refractivity contribution in [3.63, 3.8) is 0 Å². The molecule has 35 heavy (non-hydrogen) atoms. The van der Waals surface area contributed by atoms with Gasteiger partial charge in [-0.2, -0.15) is 5.10 Å². The molecular formula is C25H22BrN5O3S. The molecule has 8 nitrogen and oxygen atoms in total. The predicted molar refractivity (Wildman–Crippen MR) is 141 cm³/mol. The van der Waals surface area contributed by atoms with Crippen molar-refractivity contribution in [2.75, 3.05) is 20.0 Å². The number of nitrogens with zero attached hydrogens (tertiary/aromatic N) is 4. The van der Waals surface area contributed by atoms with Crippen LogP contribution in [0.2, 0.25) is 0 Å². The molecule has 0 radical (unpaired) electrons. The van der Waals surface area contributed by atoms with Gasteiger partial charge in [0.05, 0.1) is 26.2 Å². The summed E-state index contributed by atoms with van der Waals surface area (Å²) in [5.41, 5.74) is 5.10. The number of para-hydroxylation sites is 1. The Morgan fingerprint density at radius 1 is 1.03 bits per heavy atom. The summed E-state index contributed by atoms with van der Waals surface area (Å²) in [5.74, 6) is 1.70. The third-order valence-electron chi connectivity index (χ3n) is 4.89. The topological polar surface area (TPSA) is 90.6 Å². The lowest BCUT2D eigenvalue weighted by Gasteiger charge is -2.12. The fourth-order valence-corrected chi connectivity index (χ4v) is 4.23. The van der Waals surface area contributed by atoms with E-state index in [1.807, 2.05) is 77.4 Å².